The highest BCUT2D eigenvalue weighted by Gasteiger charge is 2.23. The van der Waals surface area contributed by atoms with Gasteiger partial charge < -0.3 is 10.4 Å². The average molecular weight is 283 g/mol. The van der Waals surface area contributed by atoms with Crippen molar-refractivity contribution < 1.29 is 4.65 Å². The molecule has 3 heteroatoms. The largest absolute Gasteiger partial charge is 0.423 e. The van der Waals surface area contributed by atoms with Crippen LogP contribution in [0.15, 0.2) is 54.6 Å². The van der Waals surface area contributed by atoms with E-state index < -0.39 is 0 Å². The average Bonchev–Trinajstić information content (AvgIpc) is 2.53. The van der Waals surface area contributed by atoms with Crippen molar-refractivity contribution in [1.29, 1.82) is 0 Å². The topological polar surface area (TPSA) is 35.2 Å². The molecule has 0 aliphatic rings. The predicted octanol–water partition coefficient (Wildman–Crippen LogP) is 2.35. The van der Waals surface area contributed by atoms with E-state index in [0.29, 0.717) is 6.54 Å². The van der Waals surface area contributed by atoms with Crippen LogP contribution in [0, 0.1) is 0 Å². The van der Waals surface area contributed by atoms with Gasteiger partial charge in [0.2, 0.25) is 0 Å². The molecular formula is C18H26BNO. The Kier molecular flexibility index (Phi) is 7.20. The van der Waals surface area contributed by atoms with Crippen molar-refractivity contribution in [3.8, 4) is 0 Å². The van der Waals surface area contributed by atoms with Crippen molar-refractivity contribution in [2.75, 3.05) is 6.54 Å². The van der Waals surface area contributed by atoms with Gasteiger partial charge in [-0.15, -0.1) is 0 Å². The lowest BCUT2D eigenvalue weighted by atomic mass is 9.55. The zero-order chi connectivity index (χ0) is 14.4. The highest BCUT2D eigenvalue weighted by molar-refractivity contribution is 6.80. The third-order valence-electron chi connectivity index (χ3n) is 3.46. The molecule has 1 unspecified atom stereocenters. The minimum atomic E-state index is -0.0544. The first-order chi connectivity index (χ1) is 9.74. The Balaban J connectivity index is 0.00000220. The van der Waals surface area contributed by atoms with Gasteiger partial charge in [-0.3, -0.25) is 0 Å². The Labute approximate surface area is 129 Å². The van der Waals surface area contributed by atoms with Gasteiger partial charge in [-0.1, -0.05) is 68.9 Å². The number of rotatable bonds is 6. The van der Waals surface area contributed by atoms with Crippen LogP contribution < -0.4 is 16.7 Å². The molecule has 21 heavy (non-hydrogen) atoms. The lowest BCUT2D eigenvalue weighted by Crippen LogP contribution is -2.48. The van der Waals surface area contributed by atoms with Gasteiger partial charge in [-0.2, -0.15) is 0 Å². The normalized spacial score (nSPS) is 11.6. The third-order valence-corrected chi connectivity index (χ3v) is 3.46. The maximum atomic E-state index is 6.15. The number of aryl methyl sites for hydroxylation is 1. The van der Waals surface area contributed by atoms with Crippen molar-refractivity contribution in [3.05, 3.63) is 60.2 Å². The van der Waals surface area contributed by atoms with Crippen LogP contribution >= 0.6 is 0 Å². The second kappa shape index (κ2) is 8.65. The molecule has 2 nitrogen and oxygen atoms in total. The summed E-state index contributed by atoms with van der Waals surface area (Å²) >= 11 is 0. The maximum Gasteiger partial charge on any atom is 0.361 e. The molecule has 2 aromatic carbocycles. The molecule has 112 valence electrons. The molecule has 0 aromatic heterocycles. The summed E-state index contributed by atoms with van der Waals surface area (Å²) in [7, 11) is 0. The standard InChI is InChI=1S/C17H22BNO.CH4/c1-3-15-8-7-11-17(12-15)18(20-14(2)13-19)16-9-5-4-6-10-16;/h4-12,14H,3,13,19H2,1-2H3;1H4. The Morgan fingerprint density at radius 3 is 2.33 bits per heavy atom. The van der Waals surface area contributed by atoms with Crippen LogP contribution in [0.2, 0.25) is 0 Å². The van der Waals surface area contributed by atoms with Crippen LogP contribution in [0.25, 0.3) is 0 Å². The van der Waals surface area contributed by atoms with E-state index in [-0.39, 0.29) is 20.4 Å². The van der Waals surface area contributed by atoms with Gasteiger partial charge in [0.25, 0.3) is 0 Å². The first-order valence-electron chi connectivity index (χ1n) is 7.24. The van der Waals surface area contributed by atoms with E-state index in [1.54, 1.807) is 0 Å². The summed E-state index contributed by atoms with van der Waals surface area (Å²) in [4.78, 5) is 0. The molecule has 0 aliphatic carbocycles. The smallest absolute Gasteiger partial charge is 0.361 e. The van der Waals surface area contributed by atoms with Crippen LogP contribution in [-0.4, -0.2) is 19.6 Å². The Morgan fingerprint density at radius 1 is 1.05 bits per heavy atom. The molecule has 2 aromatic rings. The van der Waals surface area contributed by atoms with E-state index in [9.17, 15) is 0 Å². The lowest BCUT2D eigenvalue weighted by Gasteiger charge is -2.20. The number of benzene rings is 2. The fourth-order valence-electron chi connectivity index (χ4n) is 2.24. The van der Waals surface area contributed by atoms with Gasteiger partial charge in [0.15, 0.2) is 0 Å². The third kappa shape index (κ3) is 4.73. The molecule has 0 amide bonds. The van der Waals surface area contributed by atoms with Gasteiger partial charge in [-0.05, 0) is 29.8 Å². The first-order valence-corrected chi connectivity index (χ1v) is 7.24. The van der Waals surface area contributed by atoms with Crippen LogP contribution in [-0.2, 0) is 11.1 Å². The van der Waals surface area contributed by atoms with Gasteiger partial charge in [0.1, 0.15) is 0 Å². The minimum Gasteiger partial charge on any atom is -0.423 e. The first kappa shape index (κ1) is 17.5. The molecule has 0 saturated heterocycles. The summed E-state index contributed by atoms with van der Waals surface area (Å²) in [5.74, 6) is 0. The van der Waals surface area contributed by atoms with Gasteiger partial charge in [0, 0.05) is 6.54 Å². The molecule has 0 saturated carbocycles. The molecule has 2 N–H and O–H groups in total. The molecule has 0 bridgehead atoms. The maximum absolute atomic E-state index is 6.15. The second-order valence-electron chi connectivity index (χ2n) is 5.07. The molecule has 1 atom stereocenters. The van der Waals surface area contributed by atoms with Crippen LogP contribution in [0.5, 0.6) is 0 Å². The summed E-state index contributed by atoms with van der Waals surface area (Å²) in [5, 5.41) is 0. The Bertz CT molecular complexity index is 530. The van der Waals surface area contributed by atoms with Gasteiger partial charge in [-0.25, -0.2) is 0 Å². The molecular weight excluding hydrogens is 257 g/mol. The van der Waals surface area contributed by atoms with E-state index in [1.165, 1.54) is 16.5 Å². The van der Waals surface area contributed by atoms with Crippen molar-refractivity contribution in [1.82, 2.24) is 0 Å². The van der Waals surface area contributed by atoms with Crippen molar-refractivity contribution in [2.24, 2.45) is 5.73 Å². The highest BCUT2D eigenvalue weighted by Crippen LogP contribution is 2.02. The molecule has 0 spiro atoms. The number of hydrogen-bond acceptors (Lipinski definition) is 2. The fraction of sp³-hybridized carbons (Fsp3) is 0.333. The summed E-state index contributed by atoms with van der Waals surface area (Å²) in [5.41, 5.74) is 9.39. The molecule has 0 fully saturated rings. The molecule has 0 heterocycles. The Morgan fingerprint density at radius 2 is 1.71 bits per heavy atom. The van der Waals surface area contributed by atoms with E-state index in [2.05, 4.69) is 43.3 Å². The zero-order valence-corrected chi connectivity index (χ0v) is 12.3. The van der Waals surface area contributed by atoms with E-state index in [0.717, 1.165) is 6.42 Å². The predicted molar refractivity (Wildman–Crippen MR) is 93.6 cm³/mol. The quantitative estimate of drug-likeness (QED) is 0.826. The number of nitrogens with two attached hydrogens (primary N) is 1. The van der Waals surface area contributed by atoms with Crippen LogP contribution in [0.1, 0.15) is 26.8 Å². The van der Waals surface area contributed by atoms with Crippen LogP contribution in [0.4, 0.5) is 0 Å². The van der Waals surface area contributed by atoms with Gasteiger partial charge >= 0.3 is 6.92 Å². The fourth-order valence-corrected chi connectivity index (χ4v) is 2.24. The summed E-state index contributed by atoms with van der Waals surface area (Å²) < 4.78 is 6.15. The molecule has 0 radical (unpaired) electrons. The highest BCUT2D eigenvalue weighted by atomic mass is 16.4. The summed E-state index contributed by atoms with van der Waals surface area (Å²) in [6, 6.07) is 18.9. The lowest BCUT2D eigenvalue weighted by molar-refractivity contribution is 0.240. The SMILES string of the molecule is C.CCc1cccc(B(OC(C)CN)c2ccccc2)c1. The van der Waals surface area contributed by atoms with Crippen molar-refractivity contribution in [2.45, 2.75) is 33.8 Å². The Hall–Kier alpha value is -1.58. The van der Waals surface area contributed by atoms with Crippen LogP contribution in [0.3, 0.4) is 0 Å². The van der Waals surface area contributed by atoms with Crippen molar-refractivity contribution >= 4 is 17.8 Å². The summed E-state index contributed by atoms with van der Waals surface area (Å²) in [6.45, 7) is 4.65. The zero-order valence-electron chi connectivity index (χ0n) is 12.3. The van der Waals surface area contributed by atoms with E-state index in [1.807, 2.05) is 25.1 Å². The summed E-state index contributed by atoms with van der Waals surface area (Å²) in [6.07, 6.45) is 1.06. The second-order valence-corrected chi connectivity index (χ2v) is 5.07. The number of hydrogen-bond donors (Lipinski definition) is 1. The monoisotopic (exact) mass is 283 g/mol. The molecule has 2 rings (SSSR count). The van der Waals surface area contributed by atoms with E-state index >= 15 is 0 Å². The molecule has 0 aliphatic heterocycles. The van der Waals surface area contributed by atoms with Crippen molar-refractivity contribution in [3.63, 3.8) is 0 Å². The van der Waals surface area contributed by atoms with Gasteiger partial charge in [0.05, 0.1) is 6.10 Å². The minimum absolute atomic E-state index is 0. The van der Waals surface area contributed by atoms with E-state index in [4.69, 9.17) is 10.4 Å².